The molecule has 4 aromatic rings. The standard InChI is InChI=1S/C25H23NO2/c1-25(2,26)20-10-8-19-17-24(11-9-18(19)16-20)28-23-14-12-22(13-15-23)27-21-6-4-3-5-7-21/h3-17H,26H2,1-2H3. The van der Waals surface area contributed by atoms with E-state index >= 15 is 0 Å². The van der Waals surface area contributed by atoms with Crippen molar-refractivity contribution in [2.24, 2.45) is 5.73 Å². The minimum absolute atomic E-state index is 0.354. The molecule has 4 rings (SSSR count). The summed E-state index contributed by atoms with van der Waals surface area (Å²) in [6.07, 6.45) is 0. The van der Waals surface area contributed by atoms with Gasteiger partial charge in [0.2, 0.25) is 0 Å². The molecular formula is C25H23NO2. The molecule has 0 aliphatic heterocycles. The van der Waals surface area contributed by atoms with Crippen molar-refractivity contribution >= 4 is 10.8 Å². The highest BCUT2D eigenvalue weighted by Crippen LogP contribution is 2.30. The Kier molecular flexibility index (Phi) is 4.76. The van der Waals surface area contributed by atoms with Gasteiger partial charge in [-0.15, -0.1) is 0 Å². The van der Waals surface area contributed by atoms with Gasteiger partial charge in [-0.05, 0) is 84.8 Å². The second-order valence-corrected chi connectivity index (χ2v) is 7.43. The first-order chi connectivity index (χ1) is 13.5. The minimum atomic E-state index is -0.354. The van der Waals surface area contributed by atoms with E-state index in [-0.39, 0.29) is 5.54 Å². The SMILES string of the molecule is CC(C)(N)c1ccc2cc(Oc3ccc(Oc4ccccc4)cc3)ccc2c1. The first-order valence-electron chi connectivity index (χ1n) is 9.31. The summed E-state index contributed by atoms with van der Waals surface area (Å²) in [5.41, 5.74) is 6.97. The van der Waals surface area contributed by atoms with Gasteiger partial charge in [0.25, 0.3) is 0 Å². The summed E-state index contributed by atoms with van der Waals surface area (Å²) in [6.45, 7) is 4.02. The molecule has 0 bridgehead atoms. The van der Waals surface area contributed by atoms with Crippen molar-refractivity contribution in [3.05, 3.63) is 96.6 Å². The van der Waals surface area contributed by atoms with E-state index in [0.29, 0.717) is 0 Å². The maximum absolute atomic E-state index is 6.21. The molecule has 140 valence electrons. The van der Waals surface area contributed by atoms with E-state index in [4.69, 9.17) is 15.2 Å². The van der Waals surface area contributed by atoms with Crippen LogP contribution in [0.1, 0.15) is 19.4 Å². The zero-order chi connectivity index (χ0) is 19.6. The summed E-state index contributed by atoms with van der Waals surface area (Å²) < 4.78 is 11.8. The molecule has 28 heavy (non-hydrogen) atoms. The number of hydrogen-bond acceptors (Lipinski definition) is 3. The van der Waals surface area contributed by atoms with Crippen LogP contribution in [0, 0.1) is 0 Å². The lowest BCUT2D eigenvalue weighted by molar-refractivity contribution is 0.469. The molecule has 0 spiro atoms. The monoisotopic (exact) mass is 369 g/mol. The number of nitrogens with two attached hydrogens (primary N) is 1. The number of rotatable bonds is 5. The van der Waals surface area contributed by atoms with Crippen molar-refractivity contribution in [1.29, 1.82) is 0 Å². The maximum atomic E-state index is 6.21. The summed E-state index contributed by atoms with van der Waals surface area (Å²) in [7, 11) is 0. The molecule has 0 aliphatic rings. The summed E-state index contributed by atoms with van der Waals surface area (Å²) in [5.74, 6) is 3.14. The van der Waals surface area contributed by atoms with Crippen LogP contribution < -0.4 is 15.2 Å². The number of fused-ring (bicyclic) bond motifs is 1. The third-order valence-electron chi connectivity index (χ3n) is 4.59. The molecule has 4 aromatic carbocycles. The van der Waals surface area contributed by atoms with Gasteiger partial charge in [-0.1, -0.05) is 36.4 Å². The Balaban J connectivity index is 1.50. The van der Waals surface area contributed by atoms with Crippen LogP contribution >= 0.6 is 0 Å². The highest BCUT2D eigenvalue weighted by Gasteiger charge is 2.14. The van der Waals surface area contributed by atoms with Crippen molar-refractivity contribution in [1.82, 2.24) is 0 Å². The third kappa shape index (κ3) is 4.16. The van der Waals surface area contributed by atoms with Crippen molar-refractivity contribution in [2.75, 3.05) is 0 Å². The normalized spacial score (nSPS) is 11.4. The fourth-order valence-corrected chi connectivity index (χ4v) is 3.02. The molecule has 0 saturated carbocycles. The molecule has 0 atom stereocenters. The summed E-state index contributed by atoms with van der Waals surface area (Å²) in [6, 6.07) is 29.7. The lowest BCUT2D eigenvalue weighted by Crippen LogP contribution is -2.28. The molecule has 3 nitrogen and oxygen atoms in total. The van der Waals surface area contributed by atoms with Gasteiger partial charge in [-0.2, -0.15) is 0 Å². The number of hydrogen-bond donors (Lipinski definition) is 1. The quantitative estimate of drug-likeness (QED) is 0.430. The van der Waals surface area contributed by atoms with Crippen molar-refractivity contribution in [2.45, 2.75) is 19.4 Å². The number of benzene rings is 4. The van der Waals surface area contributed by atoms with Crippen LogP contribution in [0.4, 0.5) is 0 Å². The van der Waals surface area contributed by atoms with Crippen LogP contribution in [-0.4, -0.2) is 0 Å². The van der Waals surface area contributed by atoms with Gasteiger partial charge < -0.3 is 15.2 Å². The molecule has 0 heterocycles. The second kappa shape index (κ2) is 7.37. The van der Waals surface area contributed by atoms with Crippen LogP contribution in [0.25, 0.3) is 10.8 Å². The highest BCUT2D eigenvalue weighted by molar-refractivity contribution is 5.84. The van der Waals surface area contributed by atoms with E-state index in [1.54, 1.807) is 0 Å². The molecule has 0 aromatic heterocycles. The van der Waals surface area contributed by atoms with E-state index in [2.05, 4.69) is 24.3 Å². The Labute approximate surface area is 165 Å². The predicted octanol–water partition coefficient (Wildman–Crippen LogP) is 6.62. The van der Waals surface area contributed by atoms with Gasteiger partial charge in [0.05, 0.1) is 0 Å². The fourth-order valence-electron chi connectivity index (χ4n) is 3.02. The van der Waals surface area contributed by atoms with E-state index in [9.17, 15) is 0 Å². The average molecular weight is 369 g/mol. The molecule has 3 heteroatoms. The van der Waals surface area contributed by atoms with Crippen molar-refractivity contribution < 1.29 is 9.47 Å². The molecule has 0 amide bonds. The third-order valence-corrected chi connectivity index (χ3v) is 4.59. The lowest BCUT2D eigenvalue weighted by atomic mass is 9.93. The smallest absolute Gasteiger partial charge is 0.128 e. The van der Waals surface area contributed by atoms with Crippen molar-refractivity contribution in [3.63, 3.8) is 0 Å². The Morgan fingerprint density at radius 1 is 0.571 bits per heavy atom. The van der Waals surface area contributed by atoms with E-state index in [0.717, 1.165) is 39.3 Å². The predicted molar refractivity (Wildman–Crippen MR) is 114 cm³/mol. The lowest BCUT2D eigenvalue weighted by Gasteiger charge is -2.19. The van der Waals surface area contributed by atoms with Crippen LogP contribution in [-0.2, 0) is 5.54 Å². The molecule has 0 unspecified atom stereocenters. The van der Waals surface area contributed by atoms with Gasteiger partial charge in [0.1, 0.15) is 23.0 Å². The van der Waals surface area contributed by atoms with Crippen LogP contribution in [0.3, 0.4) is 0 Å². The number of ether oxygens (including phenoxy) is 2. The second-order valence-electron chi connectivity index (χ2n) is 7.43. The van der Waals surface area contributed by atoms with Gasteiger partial charge in [0, 0.05) is 5.54 Å². The minimum Gasteiger partial charge on any atom is -0.457 e. The summed E-state index contributed by atoms with van der Waals surface area (Å²) in [5, 5.41) is 2.27. The van der Waals surface area contributed by atoms with Crippen molar-refractivity contribution in [3.8, 4) is 23.0 Å². The zero-order valence-corrected chi connectivity index (χ0v) is 16.1. The fraction of sp³-hybridized carbons (Fsp3) is 0.120. The Bertz CT molecular complexity index is 1080. The molecule has 0 saturated heterocycles. The van der Waals surface area contributed by atoms with E-state index in [1.807, 2.05) is 80.6 Å². The highest BCUT2D eigenvalue weighted by atomic mass is 16.5. The van der Waals surface area contributed by atoms with Crippen LogP contribution in [0.15, 0.2) is 91.0 Å². The van der Waals surface area contributed by atoms with Crippen LogP contribution in [0.5, 0.6) is 23.0 Å². The molecule has 2 N–H and O–H groups in total. The van der Waals surface area contributed by atoms with Gasteiger partial charge in [0.15, 0.2) is 0 Å². The summed E-state index contributed by atoms with van der Waals surface area (Å²) >= 11 is 0. The topological polar surface area (TPSA) is 44.5 Å². The van der Waals surface area contributed by atoms with Gasteiger partial charge in [-0.25, -0.2) is 0 Å². The maximum Gasteiger partial charge on any atom is 0.128 e. The summed E-state index contributed by atoms with van der Waals surface area (Å²) in [4.78, 5) is 0. The van der Waals surface area contributed by atoms with E-state index < -0.39 is 0 Å². The zero-order valence-electron chi connectivity index (χ0n) is 16.1. The first kappa shape index (κ1) is 18.1. The molecule has 0 radical (unpaired) electrons. The molecular weight excluding hydrogens is 346 g/mol. The largest absolute Gasteiger partial charge is 0.457 e. The van der Waals surface area contributed by atoms with Gasteiger partial charge in [-0.3, -0.25) is 0 Å². The number of para-hydroxylation sites is 1. The first-order valence-corrected chi connectivity index (χ1v) is 9.31. The molecule has 0 aliphatic carbocycles. The Hall–Kier alpha value is -3.30. The average Bonchev–Trinajstić information content (AvgIpc) is 2.69. The molecule has 0 fully saturated rings. The Morgan fingerprint density at radius 2 is 1.07 bits per heavy atom. The van der Waals surface area contributed by atoms with Crippen LogP contribution in [0.2, 0.25) is 0 Å². The van der Waals surface area contributed by atoms with Gasteiger partial charge >= 0.3 is 0 Å². The van der Waals surface area contributed by atoms with E-state index in [1.165, 1.54) is 0 Å². The Morgan fingerprint density at radius 3 is 1.71 bits per heavy atom.